The van der Waals surface area contributed by atoms with Gasteiger partial charge in [0.05, 0.1) is 35.6 Å². The van der Waals surface area contributed by atoms with Crippen LogP contribution in [0.5, 0.6) is 0 Å². The number of phosphoric ester groups is 1. The molecule has 6 atom stereocenters. The van der Waals surface area contributed by atoms with Crippen molar-refractivity contribution in [1.29, 1.82) is 0 Å². The number of nitrogens with two attached hydrogens (primary N) is 1. The van der Waals surface area contributed by atoms with E-state index >= 15 is 4.39 Å². The number of imidazole rings is 1. The molecule has 1 saturated heterocycles. The molecule has 1 fully saturated rings. The molecule has 16 nitrogen and oxygen atoms in total. The number of halogens is 2. The Morgan fingerprint density at radius 3 is 2.80 bits per heavy atom. The van der Waals surface area contributed by atoms with Crippen molar-refractivity contribution in [2.24, 2.45) is 0 Å². The van der Waals surface area contributed by atoms with Crippen LogP contribution >= 0.6 is 7.82 Å². The summed E-state index contributed by atoms with van der Waals surface area (Å²) in [5, 5.41) is 11.5. The van der Waals surface area contributed by atoms with Crippen molar-refractivity contribution in [3.63, 3.8) is 0 Å². The SMILES string of the molecule is CC[C@@]1(OP(=O)(O)OC[C@H]2O[C@@H](n3cnc4nc(F)nc(N)c43)[C@H](F)[C@@H]2O)C(=O)OCc2c1cc1n(c2=O)Cc2cc3ccccc3nc2-1. The number of esters is 1. The third kappa shape index (κ3) is 4.86. The van der Waals surface area contributed by atoms with E-state index in [1.54, 1.807) is 0 Å². The fourth-order valence-corrected chi connectivity index (χ4v) is 7.74. The van der Waals surface area contributed by atoms with Crippen LogP contribution in [-0.4, -0.2) is 70.0 Å². The number of aromatic nitrogens is 6. The van der Waals surface area contributed by atoms with Gasteiger partial charge in [0, 0.05) is 16.5 Å². The minimum absolute atomic E-state index is 0.0208. The molecule has 3 aliphatic rings. The van der Waals surface area contributed by atoms with E-state index in [4.69, 9.17) is 29.2 Å². The molecule has 8 rings (SSSR count). The van der Waals surface area contributed by atoms with Gasteiger partial charge in [0.2, 0.25) is 5.60 Å². The van der Waals surface area contributed by atoms with Crippen LogP contribution in [-0.2, 0) is 46.6 Å². The largest absolute Gasteiger partial charge is 0.473 e. The Morgan fingerprint density at radius 2 is 2.00 bits per heavy atom. The summed E-state index contributed by atoms with van der Waals surface area (Å²) in [5.74, 6) is -1.39. The molecule has 1 unspecified atom stereocenters. The number of ether oxygens (including phenoxy) is 2. The minimum atomic E-state index is -5.24. The number of aliphatic hydroxyl groups excluding tert-OH is 1. The molecule has 19 heteroatoms. The quantitative estimate of drug-likeness (QED) is 0.124. The molecule has 0 spiro atoms. The lowest BCUT2D eigenvalue weighted by atomic mass is 9.86. The van der Waals surface area contributed by atoms with Gasteiger partial charge in [-0.25, -0.2) is 23.7 Å². The van der Waals surface area contributed by atoms with Gasteiger partial charge in [0.25, 0.3) is 5.56 Å². The van der Waals surface area contributed by atoms with Crippen molar-refractivity contribution in [1.82, 2.24) is 29.1 Å². The number of benzene rings is 1. The van der Waals surface area contributed by atoms with E-state index in [1.807, 2.05) is 30.3 Å². The van der Waals surface area contributed by atoms with E-state index in [0.29, 0.717) is 16.9 Å². The molecule has 0 radical (unpaired) electrons. The van der Waals surface area contributed by atoms with E-state index in [-0.39, 0.29) is 41.1 Å². The van der Waals surface area contributed by atoms with Gasteiger partial charge < -0.3 is 29.8 Å². The molecule has 1 aromatic carbocycles. The zero-order chi connectivity index (χ0) is 34.4. The van der Waals surface area contributed by atoms with E-state index in [0.717, 1.165) is 21.8 Å². The second-order valence-corrected chi connectivity index (χ2v) is 13.2. The van der Waals surface area contributed by atoms with Gasteiger partial charge in [-0.05, 0) is 24.6 Å². The predicted molar refractivity (Wildman–Crippen MR) is 164 cm³/mol. The molecule has 0 saturated carbocycles. The molecule has 49 heavy (non-hydrogen) atoms. The summed E-state index contributed by atoms with van der Waals surface area (Å²) < 4.78 is 66.5. The van der Waals surface area contributed by atoms with Crippen LogP contribution in [0, 0.1) is 6.08 Å². The smallest absolute Gasteiger partial charge is 0.458 e. The monoisotopic (exact) mass is 697 g/mol. The standard InChI is InChI=1S/C30H26F2N7O9P/c1-2-30(16-8-18-21-14(7-13-5-3-4-6-17(13)35-21)9-38(18)26(41)15(16)10-45-28(30)42)48-49(43,44)46-11-19-23(40)20(31)27(47-19)39-12-34-25-22(39)24(33)36-29(32)37-25/h3-8,12,19-20,23,27,40H,2,9-11H2,1H3,(H,43,44)(H2,33,36,37)/t19-,20-,23-,27-,30+/m1/s1. The number of anilines is 1. The maximum atomic E-state index is 15.3. The fourth-order valence-electron chi connectivity index (χ4n) is 6.66. The van der Waals surface area contributed by atoms with Crippen LogP contribution in [0.3, 0.4) is 0 Å². The predicted octanol–water partition coefficient (Wildman–Crippen LogP) is 2.38. The first-order valence-electron chi connectivity index (χ1n) is 15.1. The third-order valence-corrected chi connectivity index (χ3v) is 10.1. The lowest BCUT2D eigenvalue weighted by Gasteiger charge is -2.36. The first-order valence-corrected chi connectivity index (χ1v) is 16.5. The number of hydrogen-bond donors (Lipinski definition) is 3. The molecule has 3 aliphatic heterocycles. The van der Waals surface area contributed by atoms with Gasteiger partial charge in [-0.3, -0.25) is 18.4 Å². The molecule has 0 amide bonds. The van der Waals surface area contributed by atoms with Crippen molar-refractivity contribution in [2.75, 3.05) is 12.3 Å². The Bertz CT molecular complexity index is 2320. The van der Waals surface area contributed by atoms with E-state index in [9.17, 15) is 28.5 Å². The Balaban J connectivity index is 1.08. The van der Waals surface area contributed by atoms with Crippen LogP contribution in [0.2, 0.25) is 0 Å². The Hall–Kier alpha value is -4.71. The van der Waals surface area contributed by atoms with Crippen LogP contribution in [0.25, 0.3) is 33.5 Å². The number of pyridine rings is 2. The molecule has 5 aromatic rings. The summed E-state index contributed by atoms with van der Waals surface area (Å²) in [6, 6.07) is 10.9. The first kappa shape index (κ1) is 31.6. The molecule has 0 bridgehead atoms. The number of cyclic esters (lactones) is 1. The molecule has 0 aliphatic carbocycles. The molecule has 7 heterocycles. The highest BCUT2D eigenvalue weighted by molar-refractivity contribution is 7.47. The third-order valence-electron chi connectivity index (χ3n) is 9.05. The Morgan fingerprint density at radius 1 is 1.20 bits per heavy atom. The summed E-state index contributed by atoms with van der Waals surface area (Å²) in [6.45, 7) is 0.445. The minimum Gasteiger partial charge on any atom is -0.458 e. The van der Waals surface area contributed by atoms with Gasteiger partial charge in [0.15, 0.2) is 23.9 Å². The highest BCUT2D eigenvalue weighted by atomic mass is 31.2. The van der Waals surface area contributed by atoms with Gasteiger partial charge >= 0.3 is 19.9 Å². The molecule has 254 valence electrons. The second kappa shape index (κ2) is 11.2. The maximum absolute atomic E-state index is 15.3. The number of carbonyl (C=O) groups excluding carboxylic acids is 1. The molecular formula is C30H26F2N7O9P. The summed E-state index contributed by atoms with van der Waals surface area (Å²) in [6.07, 6.45) is -7.44. The van der Waals surface area contributed by atoms with Crippen molar-refractivity contribution in [3.8, 4) is 11.4 Å². The normalized spacial score (nSPS) is 25.6. The van der Waals surface area contributed by atoms with Crippen LogP contribution in [0.1, 0.15) is 36.3 Å². The van der Waals surface area contributed by atoms with Gasteiger partial charge in [-0.15, -0.1) is 0 Å². The zero-order valence-corrected chi connectivity index (χ0v) is 26.3. The second-order valence-electron chi connectivity index (χ2n) is 11.8. The number of rotatable bonds is 7. The Labute approximate surface area is 273 Å². The number of aliphatic hydroxyl groups is 1. The number of nitrogen functional groups attached to an aromatic ring is 1. The van der Waals surface area contributed by atoms with Crippen molar-refractivity contribution < 1.29 is 46.7 Å². The summed E-state index contributed by atoms with van der Waals surface area (Å²) in [7, 11) is -5.24. The van der Waals surface area contributed by atoms with Crippen molar-refractivity contribution in [2.45, 2.75) is 56.7 Å². The summed E-state index contributed by atoms with van der Waals surface area (Å²) >= 11 is 0. The number of alkyl halides is 1. The number of para-hydroxylation sites is 1. The van der Waals surface area contributed by atoms with Gasteiger partial charge in [-0.2, -0.15) is 14.4 Å². The van der Waals surface area contributed by atoms with E-state index in [2.05, 4.69) is 15.0 Å². The summed E-state index contributed by atoms with van der Waals surface area (Å²) in [4.78, 5) is 53.6. The lowest BCUT2D eigenvalue weighted by molar-refractivity contribution is -0.171. The number of fused-ring (bicyclic) bond motifs is 6. The summed E-state index contributed by atoms with van der Waals surface area (Å²) in [5.41, 5.74) is 5.22. The first-order chi connectivity index (χ1) is 23.4. The molecule has 4 aromatic heterocycles. The highest BCUT2D eigenvalue weighted by Crippen LogP contribution is 2.54. The van der Waals surface area contributed by atoms with E-state index < -0.39 is 68.9 Å². The van der Waals surface area contributed by atoms with Crippen molar-refractivity contribution in [3.05, 3.63) is 75.8 Å². The fraction of sp³-hybridized carbons (Fsp3) is 0.333. The Kier molecular flexibility index (Phi) is 7.19. The maximum Gasteiger partial charge on any atom is 0.473 e. The van der Waals surface area contributed by atoms with E-state index in [1.165, 1.54) is 17.6 Å². The molecule has 4 N–H and O–H groups in total. The number of carbonyl (C=O) groups is 1. The average molecular weight is 698 g/mol. The van der Waals surface area contributed by atoms with Gasteiger partial charge in [-0.1, -0.05) is 25.1 Å². The zero-order valence-electron chi connectivity index (χ0n) is 25.4. The number of phosphoric acid groups is 1. The van der Waals surface area contributed by atoms with Gasteiger partial charge in [0.1, 0.15) is 30.7 Å². The van der Waals surface area contributed by atoms with Crippen LogP contribution in [0.4, 0.5) is 14.6 Å². The van der Waals surface area contributed by atoms with Crippen LogP contribution < -0.4 is 11.3 Å². The number of nitrogens with zero attached hydrogens (tertiary/aromatic N) is 6. The molecular weight excluding hydrogens is 671 g/mol. The van der Waals surface area contributed by atoms with Crippen LogP contribution in [0.15, 0.2) is 47.5 Å². The lowest BCUT2D eigenvalue weighted by Crippen LogP contribution is -2.46. The van der Waals surface area contributed by atoms with Crippen molar-refractivity contribution >= 4 is 41.7 Å². The highest BCUT2D eigenvalue weighted by Gasteiger charge is 2.53. The number of hydrogen-bond acceptors (Lipinski definition) is 13. The topological polar surface area (TPSA) is 216 Å². The average Bonchev–Trinajstić information content (AvgIpc) is 3.74.